The highest BCUT2D eigenvalue weighted by Gasteiger charge is 2.28. The second-order valence-corrected chi connectivity index (χ2v) is 4.57. The Hall–Kier alpha value is -2.22. The fourth-order valence-electron chi connectivity index (χ4n) is 2.38. The topological polar surface area (TPSA) is 34.1 Å². The Bertz CT molecular complexity index is 546. The Morgan fingerprint density at radius 2 is 1.37 bits per heavy atom. The van der Waals surface area contributed by atoms with Gasteiger partial charge in [-0.15, -0.1) is 0 Å². The maximum atomic E-state index is 12.0. The van der Waals surface area contributed by atoms with E-state index in [1.54, 1.807) is 0 Å². The normalized spacial score (nSPS) is 13.5. The molecule has 2 rings (SSSR count). The molecule has 0 saturated heterocycles. The van der Waals surface area contributed by atoms with Crippen molar-refractivity contribution in [3.05, 3.63) is 71.8 Å². The fourth-order valence-corrected chi connectivity index (χ4v) is 2.38. The molecule has 0 unspecified atom stereocenters. The largest absolute Gasteiger partial charge is 0.303 e. The third kappa shape index (κ3) is 2.97. The lowest BCUT2D eigenvalue weighted by Gasteiger charge is -2.21. The first-order chi connectivity index (χ1) is 9.24. The van der Waals surface area contributed by atoms with Crippen LogP contribution in [0, 0.1) is 0 Å². The molecule has 0 N–H and O–H groups in total. The van der Waals surface area contributed by atoms with Crippen molar-refractivity contribution in [2.24, 2.45) is 0 Å². The first kappa shape index (κ1) is 13.2. The third-order valence-electron chi connectivity index (χ3n) is 3.29. The van der Waals surface area contributed by atoms with Gasteiger partial charge in [0.25, 0.3) is 0 Å². The molecule has 2 aromatic rings. The van der Waals surface area contributed by atoms with E-state index in [0.717, 1.165) is 17.4 Å². The molecule has 0 aliphatic carbocycles. The van der Waals surface area contributed by atoms with E-state index in [-0.39, 0.29) is 5.78 Å². The number of hydrogen-bond acceptors (Lipinski definition) is 2. The van der Waals surface area contributed by atoms with Gasteiger partial charge in [0.15, 0.2) is 0 Å². The number of benzene rings is 2. The van der Waals surface area contributed by atoms with Crippen LogP contribution >= 0.6 is 0 Å². The van der Waals surface area contributed by atoms with Crippen LogP contribution in [-0.2, 0) is 9.59 Å². The molecule has 0 bridgehead atoms. The zero-order chi connectivity index (χ0) is 13.7. The molecule has 0 amide bonds. The van der Waals surface area contributed by atoms with E-state index in [9.17, 15) is 9.59 Å². The van der Waals surface area contributed by atoms with Crippen molar-refractivity contribution in [1.82, 2.24) is 0 Å². The summed E-state index contributed by atoms with van der Waals surface area (Å²) in [5, 5.41) is 0. The lowest BCUT2D eigenvalue weighted by molar-refractivity contribution is -0.121. The number of Topliss-reactive ketones (excluding diaryl/α,β-unsaturated/α-hetero) is 1. The smallest absolute Gasteiger partial charge is 0.138 e. The van der Waals surface area contributed by atoms with E-state index in [1.807, 2.05) is 60.7 Å². The van der Waals surface area contributed by atoms with Gasteiger partial charge in [0, 0.05) is 0 Å². The third-order valence-corrected chi connectivity index (χ3v) is 3.29. The fraction of sp³-hybridized carbons (Fsp3) is 0.176. The van der Waals surface area contributed by atoms with Crippen molar-refractivity contribution in [2.75, 3.05) is 0 Å². The minimum atomic E-state index is -0.430. The number of carbonyl (C=O) groups excluding carboxylic acids is 2. The molecule has 0 aliphatic rings. The second kappa shape index (κ2) is 6.10. The summed E-state index contributed by atoms with van der Waals surface area (Å²) in [6, 6.07) is 18.9. The van der Waals surface area contributed by atoms with E-state index in [0.29, 0.717) is 0 Å². The SMILES string of the molecule is CC(=O)[C@@H](c1ccccc1)[C@@H](C=O)c1ccccc1. The first-order valence-corrected chi connectivity index (χ1v) is 6.29. The quantitative estimate of drug-likeness (QED) is 0.765. The summed E-state index contributed by atoms with van der Waals surface area (Å²) in [5.74, 6) is -0.839. The van der Waals surface area contributed by atoms with Crippen LogP contribution in [0.25, 0.3) is 0 Å². The van der Waals surface area contributed by atoms with Crippen molar-refractivity contribution in [2.45, 2.75) is 18.8 Å². The Labute approximate surface area is 113 Å². The van der Waals surface area contributed by atoms with Gasteiger partial charge in [0.2, 0.25) is 0 Å². The molecule has 96 valence electrons. The molecule has 0 spiro atoms. The highest BCUT2D eigenvalue weighted by Crippen LogP contribution is 2.32. The predicted molar refractivity (Wildman–Crippen MR) is 75.1 cm³/mol. The van der Waals surface area contributed by atoms with Crippen molar-refractivity contribution >= 4 is 12.1 Å². The molecule has 0 aromatic heterocycles. The molecule has 2 nitrogen and oxygen atoms in total. The summed E-state index contributed by atoms with van der Waals surface area (Å²) < 4.78 is 0. The van der Waals surface area contributed by atoms with Crippen LogP contribution in [0.2, 0.25) is 0 Å². The molecule has 19 heavy (non-hydrogen) atoms. The molecular formula is C17H16O2. The standard InChI is InChI=1S/C17H16O2/c1-13(19)17(15-10-6-3-7-11-15)16(12-18)14-8-4-2-5-9-14/h2-12,16-17H,1H3/t16-,17-/m0/s1. The highest BCUT2D eigenvalue weighted by atomic mass is 16.1. The van der Waals surface area contributed by atoms with Crippen molar-refractivity contribution < 1.29 is 9.59 Å². The summed E-state index contributed by atoms with van der Waals surface area (Å²) in [6.45, 7) is 1.54. The van der Waals surface area contributed by atoms with Gasteiger partial charge >= 0.3 is 0 Å². The molecule has 2 aromatic carbocycles. The van der Waals surface area contributed by atoms with Crippen molar-refractivity contribution in [3.63, 3.8) is 0 Å². The van der Waals surface area contributed by atoms with E-state index in [4.69, 9.17) is 0 Å². The summed E-state index contributed by atoms with van der Waals surface area (Å²) in [6.07, 6.45) is 0.869. The first-order valence-electron chi connectivity index (χ1n) is 6.29. The zero-order valence-corrected chi connectivity index (χ0v) is 10.8. The van der Waals surface area contributed by atoms with Crippen LogP contribution in [0.4, 0.5) is 0 Å². The van der Waals surface area contributed by atoms with Gasteiger partial charge in [0.05, 0.1) is 11.8 Å². The molecule has 0 heterocycles. The minimum Gasteiger partial charge on any atom is -0.303 e. The molecule has 2 atom stereocenters. The van der Waals surface area contributed by atoms with E-state index < -0.39 is 11.8 Å². The van der Waals surface area contributed by atoms with Crippen molar-refractivity contribution in [3.8, 4) is 0 Å². The van der Waals surface area contributed by atoms with Crippen LogP contribution in [0.5, 0.6) is 0 Å². The van der Waals surface area contributed by atoms with Gasteiger partial charge in [-0.1, -0.05) is 60.7 Å². The maximum absolute atomic E-state index is 12.0. The zero-order valence-electron chi connectivity index (χ0n) is 10.8. The Morgan fingerprint density at radius 3 is 1.79 bits per heavy atom. The summed E-state index contributed by atoms with van der Waals surface area (Å²) in [4.78, 5) is 23.4. The average molecular weight is 252 g/mol. The van der Waals surface area contributed by atoms with Crippen LogP contribution < -0.4 is 0 Å². The monoisotopic (exact) mass is 252 g/mol. The van der Waals surface area contributed by atoms with Crippen LogP contribution in [-0.4, -0.2) is 12.1 Å². The Balaban J connectivity index is 2.43. The van der Waals surface area contributed by atoms with Gasteiger partial charge < -0.3 is 4.79 Å². The number of hydrogen-bond donors (Lipinski definition) is 0. The predicted octanol–water partition coefficient (Wildman–Crippen LogP) is 3.34. The van der Waals surface area contributed by atoms with E-state index in [1.165, 1.54) is 6.92 Å². The summed E-state index contributed by atoms with van der Waals surface area (Å²) in [5.41, 5.74) is 1.76. The van der Waals surface area contributed by atoms with E-state index in [2.05, 4.69) is 0 Å². The van der Waals surface area contributed by atoms with Gasteiger partial charge in [-0.3, -0.25) is 4.79 Å². The molecule has 0 saturated carbocycles. The number of aldehydes is 1. The molecular weight excluding hydrogens is 236 g/mol. The van der Waals surface area contributed by atoms with Crippen LogP contribution in [0.3, 0.4) is 0 Å². The van der Waals surface area contributed by atoms with E-state index >= 15 is 0 Å². The molecule has 0 radical (unpaired) electrons. The van der Waals surface area contributed by atoms with Gasteiger partial charge in [-0.05, 0) is 18.1 Å². The highest BCUT2D eigenvalue weighted by molar-refractivity contribution is 5.88. The number of ketones is 1. The van der Waals surface area contributed by atoms with Gasteiger partial charge in [-0.2, -0.15) is 0 Å². The van der Waals surface area contributed by atoms with Gasteiger partial charge in [0.1, 0.15) is 12.1 Å². The Morgan fingerprint density at radius 1 is 0.895 bits per heavy atom. The number of carbonyl (C=O) groups is 2. The second-order valence-electron chi connectivity index (χ2n) is 4.57. The summed E-state index contributed by atoms with van der Waals surface area (Å²) in [7, 11) is 0. The lowest BCUT2D eigenvalue weighted by Crippen LogP contribution is -2.19. The van der Waals surface area contributed by atoms with Gasteiger partial charge in [-0.25, -0.2) is 0 Å². The average Bonchev–Trinajstić information content (AvgIpc) is 2.46. The van der Waals surface area contributed by atoms with Crippen LogP contribution in [0.15, 0.2) is 60.7 Å². The minimum absolute atomic E-state index is 0.00662. The lowest BCUT2D eigenvalue weighted by atomic mass is 9.80. The molecule has 2 heteroatoms. The van der Waals surface area contributed by atoms with Crippen molar-refractivity contribution in [1.29, 1.82) is 0 Å². The number of rotatable bonds is 5. The Kier molecular flexibility index (Phi) is 4.24. The molecule has 0 fully saturated rings. The maximum Gasteiger partial charge on any atom is 0.138 e. The molecule has 0 aliphatic heterocycles. The van der Waals surface area contributed by atoms with Crippen LogP contribution in [0.1, 0.15) is 29.9 Å². The summed E-state index contributed by atoms with van der Waals surface area (Å²) >= 11 is 0.